The molecule has 0 unspecified atom stereocenters. The van der Waals surface area contributed by atoms with E-state index in [1.54, 1.807) is 36.4 Å². The zero-order chi connectivity index (χ0) is 24.6. The lowest BCUT2D eigenvalue weighted by Gasteiger charge is -2.23. The minimum atomic E-state index is -4.10. The number of ether oxygens (including phenoxy) is 1. The standard InChI is InChI=1S/C23H22N4O6S/c1-2-33-20-12-14-21(15-13-20)34(31,32)26(19-9-4-3-5-10-19)17-23(28)25-24-16-18-8-6-7-11-22(18)27(29)30/h3-16H,2,17H2,1H3,(H,25,28)/b24-16-. The van der Waals surface area contributed by atoms with Gasteiger partial charge in [-0.3, -0.25) is 19.2 Å². The number of sulfonamides is 1. The van der Waals surface area contributed by atoms with Gasteiger partial charge >= 0.3 is 0 Å². The topological polar surface area (TPSA) is 131 Å². The lowest BCUT2D eigenvalue weighted by molar-refractivity contribution is -0.385. The first-order valence-corrected chi connectivity index (χ1v) is 11.6. The molecule has 0 aliphatic carbocycles. The predicted octanol–water partition coefficient (Wildman–Crippen LogP) is 3.34. The summed E-state index contributed by atoms with van der Waals surface area (Å²) in [7, 11) is -4.10. The largest absolute Gasteiger partial charge is 0.494 e. The molecule has 0 aliphatic rings. The van der Waals surface area contributed by atoms with E-state index in [2.05, 4.69) is 10.5 Å². The molecule has 0 heterocycles. The van der Waals surface area contributed by atoms with Gasteiger partial charge in [-0.2, -0.15) is 5.10 Å². The highest BCUT2D eigenvalue weighted by atomic mass is 32.2. The van der Waals surface area contributed by atoms with E-state index in [-0.39, 0.29) is 21.8 Å². The molecule has 0 bridgehead atoms. The molecule has 3 rings (SSSR count). The van der Waals surface area contributed by atoms with Crippen molar-refractivity contribution >= 4 is 33.5 Å². The van der Waals surface area contributed by atoms with Crippen LogP contribution in [0, 0.1) is 10.1 Å². The first kappa shape index (κ1) is 24.4. The Morgan fingerprint density at radius 1 is 1.06 bits per heavy atom. The smallest absolute Gasteiger partial charge is 0.278 e. The summed E-state index contributed by atoms with van der Waals surface area (Å²) in [5, 5.41) is 14.9. The van der Waals surface area contributed by atoms with E-state index >= 15 is 0 Å². The van der Waals surface area contributed by atoms with Crippen LogP contribution in [0.25, 0.3) is 0 Å². The summed E-state index contributed by atoms with van der Waals surface area (Å²) in [5.74, 6) is -0.206. The van der Waals surface area contributed by atoms with Crippen molar-refractivity contribution in [3.63, 3.8) is 0 Å². The van der Waals surface area contributed by atoms with Gasteiger partial charge in [0.2, 0.25) is 0 Å². The summed E-state index contributed by atoms with van der Waals surface area (Å²) >= 11 is 0. The Balaban J connectivity index is 1.82. The van der Waals surface area contributed by atoms with Gasteiger partial charge in [0, 0.05) is 6.07 Å². The molecule has 3 aromatic carbocycles. The van der Waals surface area contributed by atoms with Gasteiger partial charge in [0.1, 0.15) is 12.3 Å². The number of hydrazone groups is 1. The molecule has 0 radical (unpaired) electrons. The summed E-state index contributed by atoms with van der Waals surface area (Å²) in [6.07, 6.45) is 1.13. The SMILES string of the molecule is CCOc1ccc(S(=O)(=O)N(CC(=O)N/N=C\c2ccccc2[N+](=O)[O-])c2ccccc2)cc1. The summed E-state index contributed by atoms with van der Waals surface area (Å²) in [5.41, 5.74) is 2.53. The molecular weight excluding hydrogens is 460 g/mol. The maximum absolute atomic E-state index is 13.3. The van der Waals surface area contributed by atoms with Crippen molar-refractivity contribution in [2.75, 3.05) is 17.5 Å². The van der Waals surface area contributed by atoms with E-state index in [1.165, 1.54) is 42.5 Å². The Hall–Kier alpha value is -4.25. The highest BCUT2D eigenvalue weighted by Crippen LogP contribution is 2.25. The number of nitrogens with zero attached hydrogens (tertiary/aromatic N) is 3. The quantitative estimate of drug-likeness (QED) is 0.268. The fourth-order valence-electron chi connectivity index (χ4n) is 3.01. The van der Waals surface area contributed by atoms with Gasteiger partial charge in [-0.15, -0.1) is 0 Å². The number of anilines is 1. The van der Waals surface area contributed by atoms with Crippen LogP contribution in [-0.4, -0.2) is 38.6 Å². The molecule has 0 fully saturated rings. The van der Waals surface area contributed by atoms with Crippen molar-refractivity contribution in [1.29, 1.82) is 0 Å². The molecule has 3 aromatic rings. The Kier molecular flexibility index (Phi) is 7.93. The molecule has 1 amide bonds. The van der Waals surface area contributed by atoms with E-state index < -0.39 is 27.4 Å². The van der Waals surface area contributed by atoms with E-state index in [4.69, 9.17) is 4.74 Å². The fraction of sp³-hybridized carbons (Fsp3) is 0.130. The van der Waals surface area contributed by atoms with Crippen LogP contribution in [0.1, 0.15) is 12.5 Å². The highest BCUT2D eigenvalue weighted by Gasteiger charge is 2.27. The maximum Gasteiger partial charge on any atom is 0.278 e. The van der Waals surface area contributed by atoms with Crippen LogP contribution in [0.2, 0.25) is 0 Å². The number of para-hydroxylation sites is 2. The zero-order valence-electron chi connectivity index (χ0n) is 18.2. The number of rotatable bonds is 10. The van der Waals surface area contributed by atoms with Crippen LogP contribution in [0.15, 0.2) is 88.9 Å². The van der Waals surface area contributed by atoms with Crippen LogP contribution in [0.5, 0.6) is 5.75 Å². The van der Waals surface area contributed by atoms with Gasteiger partial charge in [0.15, 0.2) is 0 Å². The Morgan fingerprint density at radius 2 is 1.71 bits per heavy atom. The van der Waals surface area contributed by atoms with Crippen LogP contribution >= 0.6 is 0 Å². The van der Waals surface area contributed by atoms with Gasteiger partial charge in [-0.05, 0) is 49.4 Å². The first-order chi connectivity index (χ1) is 16.3. The molecule has 176 valence electrons. The zero-order valence-corrected chi connectivity index (χ0v) is 19.0. The van der Waals surface area contributed by atoms with E-state index in [9.17, 15) is 23.3 Å². The fourth-order valence-corrected chi connectivity index (χ4v) is 4.43. The molecule has 0 aromatic heterocycles. The third-order valence-corrected chi connectivity index (χ3v) is 6.37. The molecule has 0 saturated carbocycles. The van der Waals surface area contributed by atoms with E-state index in [0.29, 0.717) is 12.4 Å². The lowest BCUT2D eigenvalue weighted by atomic mass is 10.2. The van der Waals surface area contributed by atoms with Gasteiger partial charge in [-0.1, -0.05) is 30.3 Å². The van der Waals surface area contributed by atoms with Gasteiger partial charge in [0.25, 0.3) is 21.6 Å². The second kappa shape index (κ2) is 11.1. The highest BCUT2D eigenvalue weighted by molar-refractivity contribution is 7.92. The second-order valence-electron chi connectivity index (χ2n) is 6.86. The summed E-state index contributed by atoms with van der Waals surface area (Å²) in [6, 6.07) is 19.9. The lowest BCUT2D eigenvalue weighted by Crippen LogP contribution is -2.39. The van der Waals surface area contributed by atoms with E-state index in [0.717, 1.165) is 10.5 Å². The number of hydrogen-bond acceptors (Lipinski definition) is 7. The normalized spacial score (nSPS) is 11.2. The molecule has 0 spiro atoms. The third-order valence-electron chi connectivity index (χ3n) is 4.58. The number of nitro groups is 1. The minimum absolute atomic E-state index is 0.0176. The van der Waals surface area contributed by atoms with Crippen LogP contribution in [0.4, 0.5) is 11.4 Å². The Bertz CT molecular complexity index is 1280. The Labute approximate surface area is 196 Å². The van der Waals surface area contributed by atoms with Crippen LogP contribution in [0.3, 0.4) is 0 Å². The number of benzene rings is 3. The number of nitrogens with one attached hydrogen (secondary N) is 1. The first-order valence-electron chi connectivity index (χ1n) is 10.2. The molecule has 0 saturated heterocycles. The summed E-state index contributed by atoms with van der Waals surface area (Å²) in [4.78, 5) is 23.1. The molecular formula is C23H22N4O6S. The van der Waals surface area contributed by atoms with E-state index in [1.807, 2.05) is 6.92 Å². The van der Waals surface area contributed by atoms with Crippen molar-refractivity contribution in [3.05, 3.63) is 94.5 Å². The predicted molar refractivity (Wildman–Crippen MR) is 127 cm³/mol. The van der Waals surface area contributed by atoms with Gasteiger partial charge in [0.05, 0.1) is 33.9 Å². The molecule has 10 nitrogen and oxygen atoms in total. The molecule has 11 heteroatoms. The molecule has 0 aliphatic heterocycles. The van der Waals surface area contributed by atoms with Gasteiger partial charge < -0.3 is 4.74 Å². The molecule has 0 atom stereocenters. The maximum atomic E-state index is 13.3. The number of hydrogen-bond donors (Lipinski definition) is 1. The summed E-state index contributed by atoms with van der Waals surface area (Å²) < 4.78 is 33.0. The van der Waals surface area contributed by atoms with Gasteiger partial charge in [-0.25, -0.2) is 13.8 Å². The van der Waals surface area contributed by atoms with Crippen molar-refractivity contribution < 1.29 is 22.9 Å². The average Bonchev–Trinajstić information content (AvgIpc) is 2.84. The van der Waals surface area contributed by atoms with Crippen LogP contribution in [-0.2, 0) is 14.8 Å². The molecule has 34 heavy (non-hydrogen) atoms. The number of carbonyl (C=O) groups excluding carboxylic acids is 1. The number of nitro benzene ring substituents is 1. The average molecular weight is 483 g/mol. The van der Waals surface area contributed by atoms with Crippen molar-refractivity contribution in [1.82, 2.24) is 5.43 Å². The van der Waals surface area contributed by atoms with Crippen LogP contribution < -0.4 is 14.5 Å². The minimum Gasteiger partial charge on any atom is -0.494 e. The number of carbonyl (C=O) groups is 1. The Morgan fingerprint density at radius 3 is 2.35 bits per heavy atom. The van der Waals surface area contributed by atoms with Crippen molar-refractivity contribution in [3.8, 4) is 5.75 Å². The second-order valence-corrected chi connectivity index (χ2v) is 8.72. The number of amides is 1. The van der Waals surface area contributed by atoms with Crippen molar-refractivity contribution in [2.45, 2.75) is 11.8 Å². The monoisotopic (exact) mass is 482 g/mol. The van der Waals surface area contributed by atoms with Crippen molar-refractivity contribution in [2.24, 2.45) is 5.10 Å². The third kappa shape index (κ3) is 5.95. The summed E-state index contributed by atoms with van der Waals surface area (Å²) in [6.45, 7) is 1.70. The molecule has 1 N–H and O–H groups in total.